The topological polar surface area (TPSA) is 55.8 Å². The van der Waals surface area contributed by atoms with Crippen LogP contribution >= 0.6 is 0 Å². The maximum Gasteiger partial charge on any atom is 0.217 e. The molecule has 0 amide bonds. The monoisotopic (exact) mass is 457 g/mol. The van der Waals surface area contributed by atoms with E-state index in [0.29, 0.717) is 25.4 Å². The molecular weight excluding hydrogens is 422 g/mol. The fraction of sp³-hybridized carbons (Fsp3) is 0.462. The summed E-state index contributed by atoms with van der Waals surface area (Å²) in [4.78, 5) is 0. The van der Waals surface area contributed by atoms with Crippen LogP contribution in [0.2, 0.25) is 0 Å². The van der Waals surface area contributed by atoms with Crippen molar-refractivity contribution in [2.24, 2.45) is 11.8 Å². The Morgan fingerprint density at radius 2 is 1.44 bits per heavy atom. The van der Waals surface area contributed by atoms with E-state index in [-0.39, 0.29) is 5.92 Å². The Hall–Kier alpha value is -2.31. The molecule has 2 atom stereocenters. The van der Waals surface area contributed by atoms with Gasteiger partial charge in [-0.1, -0.05) is 50.1 Å². The number of hydrogen-bond acceptors (Lipinski definition) is 4. The zero-order valence-corrected chi connectivity index (χ0v) is 20.2. The summed E-state index contributed by atoms with van der Waals surface area (Å²) >= 11 is 0. The highest BCUT2D eigenvalue weighted by Gasteiger charge is 2.39. The Balaban J connectivity index is 1.92. The summed E-state index contributed by atoms with van der Waals surface area (Å²) < 4.78 is 40.2. The molecule has 0 aliphatic heterocycles. The third kappa shape index (κ3) is 6.36. The van der Waals surface area contributed by atoms with Crippen molar-refractivity contribution in [3.05, 3.63) is 72.3 Å². The molecule has 1 aliphatic rings. The van der Waals surface area contributed by atoms with Crippen molar-refractivity contribution in [2.45, 2.75) is 50.9 Å². The summed E-state index contributed by atoms with van der Waals surface area (Å²) in [6.07, 6.45) is 5.50. The fourth-order valence-electron chi connectivity index (χ4n) is 4.04. The lowest BCUT2D eigenvalue weighted by atomic mass is 9.99. The molecule has 0 saturated heterocycles. The lowest BCUT2D eigenvalue weighted by molar-refractivity contribution is 0.370. The van der Waals surface area contributed by atoms with Crippen LogP contribution in [0.1, 0.15) is 43.7 Å². The Kier molecular flexibility index (Phi) is 8.38. The molecule has 0 bridgehead atoms. The van der Waals surface area contributed by atoms with Gasteiger partial charge in [0.05, 0.1) is 19.5 Å². The second kappa shape index (κ2) is 11.0. The minimum absolute atomic E-state index is 0.0207. The van der Waals surface area contributed by atoms with E-state index >= 15 is 0 Å². The van der Waals surface area contributed by atoms with Crippen LogP contribution in [0.3, 0.4) is 0 Å². The van der Waals surface area contributed by atoms with Crippen molar-refractivity contribution in [1.82, 2.24) is 4.31 Å². The average Bonchev–Trinajstić information content (AvgIpc) is 3.62. The van der Waals surface area contributed by atoms with Crippen molar-refractivity contribution in [2.75, 3.05) is 14.2 Å². The van der Waals surface area contributed by atoms with E-state index in [1.165, 1.54) is 0 Å². The fourth-order valence-corrected chi connectivity index (χ4v) is 6.30. The van der Waals surface area contributed by atoms with Gasteiger partial charge in [-0.15, -0.1) is 6.58 Å². The quantitative estimate of drug-likeness (QED) is 0.377. The standard InChI is InChI=1S/C26H35NO4S/c1-5-6-20(2)26(17-21-7-8-21)32(28,29)27(18-22-9-13-24(30-3)14-10-22)19-23-11-15-25(31-4)16-12-23/h5,9-16,20-21,26H,1,6-8,17-19H2,2-4H3/t20-,26-/m0/s1. The van der Waals surface area contributed by atoms with Gasteiger partial charge >= 0.3 is 0 Å². The summed E-state index contributed by atoms with van der Waals surface area (Å²) in [5, 5.41) is -0.413. The molecule has 0 N–H and O–H groups in total. The molecule has 174 valence electrons. The van der Waals surface area contributed by atoms with Crippen molar-refractivity contribution in [3.8, 4) is 11.5 Å². The van der Waals surface area contributed by atoms with E-state index in [1.54, 1.807) is 18.5 Å². The van der Waals surface area contributed by atoms with Crippen LogP contribution in [0.4, 0.5) is 0 Å². The highest BCUT2D eigenvalue weighted by molar-refractivity contribution is 7.89. The lowest BCUT2D eigenvalue weighted by Gasteiger charge is -2.31. The molecular formula is C26H35NO4S. The van der Waals surface area contributed by atoms with Crippen LogP contribution < -0.4 is 9.47 Å². The van der Waals surface area contributed by atoms with Crippen LogP contribution in [-0.2, 0) is 23.1 Å². The first-order chi connectivity index (χ1) is 15.4. The summed E-state index contributed by atoms with van der Waals surface area (Å²) in [6.45, 7) is 6.51. The predicted octanol–water partition coefficient (Wildman–Crippen LogP) is 5.42. The predicted molar refractivity (Wildman–Crippen MR) is 129 cm³/mol. The zero-order valence-electron chi connectivity index (χ0n) is 19.4. The van der Waals surface area contributed by atoms with Crippen molar-refractivity contribution < 1.29 is 17.9 Å². The molecule has 1 fully saturated rings. The molecule has 0 heterocycles. The van der Waals surface area contributed by atoms with Gasteiger partial charge in [0.2, 0.25) is 10.0 Å². The molecule has 6 heteroatoms. The third-order valence-corrected chi connectivity index (χ3v) is 8.61. The summed E-state index contributed by atoms with van der Waals surface area (Å²) in [5.41, 5.74) is 1.87. The number of ether oxygens (including phenoxy) is 2. The number of nitrogens with zero attached hydrogens (tertiary/aromatic N) is 1. The minimum atomic E-state index is -3.54. The van der Waals surface area contributed by atoms with Gasteiger partial charge in [-0.05, 0) is 60.1 Å². The molecule has 0 radical (unpaired) electrons. The summed E-state index contributed by atoms with van der Waals surface area (Å²) in [5.74, 6) is 2.05. The summed E-state index contributed by atoms with van der Waals surface area (Å²) in [7, 11) is -0.297. The molecule has 1 aliphatic carbocycles. The molecule has 2 aromatic rings. The number of rotatable bonds is 13. The lowest BCUT2D eigenvalue weighted by Crippen LogP contribution is -2.41. The second-order valence-electron chi connectivity index (χ2n) is 8.73. The SMILES string of the molecule is C=CC[C@H](C)[C@H](CC1CC1)S(=O)(=O)N(Cc1ccc(OC)cc1)Cc1ccc(OC)cc1. The van der Waals surface area contributed by atoms with Crippen molar-refractivity contribution in [1.29, 1.82) is 0 Å². The Morgan fingerprint density at radius 1 is 0.969 bits per heavy atom. The van der Waals surface area contributed by atoms with E-state index in [9.17, 15) is 8.42 Å². The smallest absolute Gasteiger partial charge is 0.217 e. The molecule has 32 heavy (non-hydrogen) atoms. The Bertz CT molecular complexity index is 916. The number of hydrogen-bond donors (Lipinski definition) is 0. The molecule has 1 saturated carbocycles. The van der Waals surface area contributed by atoms with Crippen LogP contribution in [0.15, 0.2) is 61.2 Å². The number of allylic oxidation sites excluding steroid dienone is 1. The first-order valence-electron chi connectivity index (χ1n) is 11.2. The molecule has 0 spiro atoms. The Labute approximate surface area is 193 Å². The minimum Gasteiger partial charge on any atom is -0.497 e. The molecule has 5 nitrogen and oxygen atoms in total. The number of methoxy groups -OCH3 is 2. The maximum atomic E-state index is 14.0. The average molecular weight is 458 g/mol. The van der Waals surface area contributed by atoms with E-state index < -0.39 is 15.3 Å². The highest BCUT2D eigenvalue weighted by atomic mass is 32.2. The summed E-state index contributed by atoms with van der Waals surface area (Å²) in [6, 6.07) is 15.2. The van der Waals surface area contributed by atoms with Gasteiger partial charge in [-0.3, -0.25) is 0 Å². The maximum absolute atomic E-state index is 14.0. The van der Waals surface area contributed by atoms with Crippen molar-refractivity contribution in [3.63, 3.8) is 0 Å². The van der Waals surface area contributed by atoms with Gasteiger partial charge in [-0.2, -0.15) is 4.31 Å². The normalized spacial score (nSPS) is 15.9. The zero-order chi connectivity index (χ0) is 23.1. The second-order valence-corrected chi connectivity index (χ2v) is 10.9. The van der Waals surface area contributed by atoms with Gasteiger partial charge in [-0.25, -0.2) is 8.42 Å². The number of benzene rings is 2. The third-order valence-electron chi connectivity index (χ3n) is 6.21. The first-order valence-corrected chi connectivity index (χ1v) is 12.7. The number of sulfonamides is 1. The van der Waals surface area contributed by atoms with Gasteiger partial charge in [0.15, 0.2) is 0 Å². The van der Waals surface area contributed by atoms with Gasteiger partial charge in [0.25, 0.3) is 0 Å². The first kappa shape index (κ1) is 24.3. The van der Waals surface area contributed by atoms with Gasteiger partial charge in [0, 0.05) is 13.1 Å². The highest BCUT2D eigenvalue weighted by Crippen LogP contribution is 2.39. The molecule has 2 aromatic carbocycles. The van der Waals surface area contributed by atoms with E-state index in [0.717, 1.165) is 41.9 Å². The van der Waals surface area contributed by atoms with Crippen LogP contribution in [0.25, 0.3) is 0 Å². The van der Waals surface area contributed by atoms with E-state index in [1.807, 2.05) is 61.5 Å². The molecule has 0 unspecified atom stereocenters. The largest absolute Gasteiger partial charge is 0.497 e. The van der Waals surface area contributed by atoms with E-state index in [2.05, 4.69) is 6.58 Å². The van der Waals surface area contributed by atoms with E-state index in [4.69, 9.17) is 9.47 Å². The van der Waals surface area contributed by atoms with Crippen LogP contribution in [0.5, 0.6) is 11.5 Å². The van der Waals surface area contributed by atoms with Gasteiger partial charge in [0.1, 0.15) is 11.5 Å². The van der Waals surface area contributed by atoms with Crippen LogP contribution in [0, 0.1) is 11.8 Å². The Morgan fingerprint density at radius 3 is 1.81 bits per heavy atom. The molecule has 0 aromatic heterocycles. The van der Waals surface area contributed by atoms with Crippen molar-refractivity contribution >= 4 is 10.0 Å². The van der Waals surface area contributed by atoms with Gasteiger partial charge < -0.3 is 9.47 Å². The van der Waals surface area contributed by atoms with Crippen LogP contribution in [-0.4, -0.2) is 32.2 Å². The molecule has 3 rings (SSSR count).